The molecule has 1 aromatic rings. The van der Waals surface area contributed by atoms with E-state index in [2.05, 4.69) is 10.0 Å². The van der Waals surface area contributed by atoms with Crippen molar-refractivity contribution in [2.75, 3.05) is 13.1 Å². The van der Waals surface area contributed by atoms with Gasteiger partial charge in [-0.1, -0.05) is 13.0 Å². The van der Waals surface area contributed by atoms with E-state index in [1.807, 2.05) is 6.92 Å². The normalized spacial score (nSPS) is 24.4. The van der Waals surface area contributed by atoms with Gasteiger partial charge in [0.1, 0.15) is 10.7 Å². The number of nitrogens with one attached hydrogen (secondary N) is 2. The number of piperidine rings is 1. The molecule has 19 heavy (non-hydrogen) atoms. The van der Waals surface area contributed by atoms with E-state index >= 15 is 0 Å². The fourth-order valence-electron chi connectivity index (χ4n) is 2.28. The average Bonchev–Trinajstić information content (AvgIpc) is 2.31. The third-order valence-corrected chi connectivity index (χ3v) is 4.99. The first-order valence-electron chi connectivity index (χ1n) is 6.39. The zero-order valence-electron chi connectivity index (χ0n) is 11.1. The highest BCUT2D eigenvalue weighted by Crippen LogP contribution is 2.19. The number of benzene rings is 1. The first-order chi connectivity index (χ1) is 8.90. The third kappa shape index (κ3) is 3.32. The van der Waals surface area contributed by atoms with Crippen molar-refractivity contribution < 1.29 is 12.8 Å². The molecule has 6 heteroatoms. The van der Waals surface area contributed by atoms with Gasteiger partial charge in [-0.25, -0.2) is 17.5 Å². The minimum absolute atomic E-state index is 0.146. The minimum atomic E-state index is -3.79. The van der Waals surface area contributed by atoms with Crippen LogP contribution in [0.1, 0.15) is 18.9 Å². The Balaban J connectivity index is 2.22. The van der Waals surface area contributed by atoms with E-state index in [4.69, 9.17) is 0 Å². The van der Waals surface area contributed by atoms with E-state index in [-0.39, 0.29) is 16.9 Å². The first-order valence-corrected chi connectivity index (χ1v) is 7.87. The fourth-order valence-corrected chi connectivity index (χ4v) is 3.71. The summed E-state index contributed by atoms with van der Waals surface area (Å²) >= 11 is 0. The first kappa shape index (κ1) is 14.4. The smallest absolute Gasteiger partial charge is 0.243 e. The average molecular weight is 286 g/mol. The van der Waals surface area contributed by atoms with Gasteiger partial charge in [-0.05, 0) is 50.0 Å². The van der Waals surface area contributed by atoms with Crippen molar-refractivity contribution in [2.24, 2.45) is 5.92 Å². The quantitative estimate of drug-likeness (QED) is 0.883. The van der Waals surface area contributed by atoms with Gasteiger partial charge < -0.3 is 5.32 Å². The summed E-state index contributed by atoms with van der Waals surface area (Å²) in [4.78, 5) is -0.274. The molecule has 2 unspecified atom stereocenters. The van der Waals surface area contributed by atoms with E-state index in [9.17, 15) is 12.8 Å². The van der Waals surface area contributed by atoms with Crippen LogP contribution in [0.25, 0.3) is 0 Å². The highest BCUT2D eigenvalue weighted by atomic mass is 32.2. The summed E-state index contributed by atoms with van der Waals surface area (Å²) in [6.07, 6.45) is 0.716. The molecule has 1 aliphatic rings. The Morgan fingerprint density at radius 1 is 1.42 bits per heavy atom. The van der Waals surface area contributed by atoms with Gasteiger partial charge in [0, 0.05) is 6.04 Å². The molecule has 1 aliphatic heterocycles. The van der Waals surface area contributed by atoms with Crippen molar-refractivity contribution in [3.05, 3.63) is 29.6 Å². The molecule has 2 atom stereocenters. The van der Waals surface area contributed by atoms with Crippen LogP contribution in [0.15, 0.2) is 23.1 Å². The molecular weight excluding hydrogens is 267 g/mol. The maximum Gasteiger partial charge on any atom is 0.243 e. The number of hydrogen-bond donors (Lipinski definition) is 2. The zero-order valence-corrected chi connectivity index (χ0v) is 11.9. The molecule has 0 amide bonds. The van der Waals surface area contributed by atoms with Gasteiger partial charge >= 0.3 is 0 Å². The Morgan fingerprint density at radius 3 is 2.79 bits per heavy atom. The molecule has 1 saturated heterocycles. The molecule has 0 saturated carbocycles. The SMILES string of the molecule is Cc1ccc(S(=O)(=O)NC2CCNCC2C)c(F)c1. The van der Waals surface area contributed by atoms with Crippen LogP contribution in [0, 0.1) is 18.7 Å². The standard InChI is InChI=1S/C13H19FN2O2S/c1-9-3-4-13(11(14)7-9)19(17,18)16-12-5-6-15-8-10(12)2/h3-4,7,10,12,15-16H,5-6,8H2,1-2H3. The van der Waals surface area contributed by atoms with Crippen LogP contribution in [0.4, 0.5) is 4.39 Å². The van der Waals surface area contributed by atoms with Gasteiger partial charge in [0.15, 0.2) is 0 Å². The maximum atomic E-state index is 13.8. The predicted octanol–water partition coefficient (Wildman–Crippen LogP) is 1.41. The second-order valence-electron chi connectivity index (χ2n) is 5.13. The lowest BCUT2D eigenvalue weighted by Gasteiger charge is -2.30. The Bertz CT molecular complexity index is 560. The Kier molecular flexibility index (Phi) is 4.23. The number of hydrogen-bond acceptors (Lipinski definition) is 3. The minimum Gasteiger partial charge on any atom is -0.316 e. The van der Waals surface area contributed by atoms with E-state index in [0.29, 0.717) is 12.0 Å². The lowest BCUT2D eigenvalue weighted by Crippen LogP contribution is -2.48. The number of halogens is 1. The van der Waals surface area contributed by atoms with Crippen molar-refractivity contribution >= 4 is 10.0 Å². The second-order valence-corrected chi connectivity index (χ2v) is 6.81. The lowest BCUT2D eigenvalue weighted by atomic mass is 9.97. The van der Waals surface area contributed by atoms with Crippen LogP contribution in [0.2, 0.25) is 0 Å². The highest BCUT2D eigenvalue weighted by molar-refractivity contribution is 7.89. The Hall–Kier alpha value is -0.980. The zero-order chi connectivity index (χ0) is 14.0. The van der Waals surface area contributed by atoms with Crippen LogP contribution in [-0.2, 0) is 10.0 Å². The summed E-state index contributed by atoms with van der Waals surface area (Å²) < 4.78 is 40.8. The molecule has 1 fully saturated rings. The molecule has 106 valence electrons. The summed E-state index contributed by atoms with van der Waals surface area (Å²) in [5.74, 6) is -0.508. The molecule has 2 N–H and O–H groups in total. The predicted molar refractivity (Wildman–Crippen MR) is 71.9 cm³/mol. The van der Waals surface area contributed by atoms with Gasteiger partial charge in [0.25, 0.3) is 0 Å². The summed E-state index contributed by atoms with van der Waals surface area (Å²) in [6, 6.07) is 4.01. The summed E-state index contributed by atoms with van der Waals surface area (Å²) in [6.45, 7) is 5.24. The van der Waals surface area contributed by atoms with Crippen LogP contribution in [0.5, 0.6) is 0 Å². The van der Waals surface area contributed by atoms with Crippen LogP contribution < -0.4 is 10.0 Å². The highest BCUT2D eigenvalue weighted by Gasteiger charge is 2.28. The third-order valence-electron chi connectivity index (χ3n) is 3.47. The molecule has 0 bridgehead atoms. The number of rotatable bonds is 3. The molecule has 0 aromatic heterocycles. The summed E-state index contributed by atoms with van der Waals surface area (Å²) in [5, 5.41) is 3.20. The second kappa shape index (κ2) is 5.56. The molecule has 0 aliphatic carbocycles. The monoisotopic (exact) mass is 286 g/mol. The molecule has 0 spiro atoms. The Labute approximate surface area is 113 Å². The molecule has 1 aromatic carbocycles. The molecule has 1 heterocycles. The maximum absolute atomic E-state index is 13.8. The molecular formula is C13H19FN2O2S. The van der Waals surface area contributed by atoms with Gasteiger partial charge in [-0.2, -0.15) is 0 Å². The van der Waals surface area contributed by atoms with Gasteiger partial charge in [-0.15, -0.1) is 0 Å². The summed E-state index contributed by atoms with van der Waals surface area (Å²) in [5.41, 5.74) is 0.701. The van der Waals surface area contributed by atoms with Crippen LogP contribution in [0.3, 0.4) is 0 Å². The molecule has 0 radical (unpaired) electrons. The number of sulfonamides is 1. The largest absolute Gasteiger partial charge is 0.316 e. The summed E-state index contributed by atoms with van der Waals surface area (Å²) in [7, 11) is -3.79. The van der Waals surface area contributed by atoms with Crippen molar-refractivity contribution in [3.63, 3.8) is 0 Å². The number of aryl methyl sites for hydroxylation is 1. The van der Waals surface area contributed by atoms with E-state index < -0.39 is 15.8 Å². The topological polar surface area (TPSA) is 58.2 Å². The van der Waals surface area contributed by atoms with Gasteiger partial charge in [-0.3, -0.25) is 0 Å². The van der Waals surface area contributed by atoms with Gasteiger partial charge in [0.05, 0.1) is 0 Å². The van der Waals surface area contributed by atoms with Crippen molar-refractivity contribution in [1.82, 2.24) is 10.0 Å². The van der Waals surface area contributed by atoms with E-state index in [1.165, 1.54) is 12.1 Å². The lowest BCUT2D eigenvalue weighted by molar-refractivity contribution is 0.327. The van der Waals surface area contributed by atoms with E-state index in [0.717, 1.165) is 13.1 Å². The molecule has 2 rings (SSSR count). The van der Waals surface area contributed by atoms with Crippen molar-refractivity contribution in [2.45, 2.75) is 31.2 Å². The Morgan fingerprint density at radius 2 is 2.16 bits per heavy atom. The van der Waals surface area contributed by atoms with E-state index in [1.54, 1.807) is 13.0 Å². The van der Waals surface area contributed by atoms with Crippen molar-refractivity contribution in [1.29, 1.82) is 0 Å². The fraction of sp³-hybridized carbons (Fsp3) is 0.538. The van der Waals surface area contributed by atoms with Crippen LogP contribution in [-0.4, -0.2) is 27.5 Å². The molecule has 4 nitrogen and oxygen atoms in total. The van der Waals surface area contributed by atoms with Crippen molar-refractivity contribution in [3.8, 4) is 0 Å². The van der Waals surface area contributed by atoms with Crippen LogP contribution >= 0.6 is 0 Å². The van der Waals surface area contributed by atoms with Gasteiger partial charge in [0.2, 0.25) is 10.0 Å².